The van der Waals surface area contributed by atoms with Gasteiger partial charge in [0.05, 0.1) is 17.1 Å². The molecule has 2 aliphatic rings. The van der Waals surface area contributed by atoms with Crippen LogP contribution in [0.15, 0.2) is 65.4 Å². The van der Waals surface area contributed by atoms with Crippen LogP contribution in [0.5, 0.6) is 0 Å². The molecule has 1 aromatic carbocycles. The first-order valence-electron chi connectivity index (χ1n) is 10.3. The van der Waals surface area contributed by atoms with Gasteiger partial charge in [0.1, 0.15) is 5.52 Å². The number of carbonyl (C=O) groups excluding carboxylic acids is 1. The van der Waals surface area contributed by atoms with Gasteiger partial charge in [-0.05, 0) is 25.0 Å². The van der Waals surface area contributed by atoms with Gasteiger partial charge in [0, 0.05) is 37.7 Å². The van der Waals surface area contributed by atoms with E-state index in [2.05, 4.69) is 16.2 Å². The van der Waals surface area contributed by atoms with E-state index in [-0.39, 0.29) is 23.1 Å². The summed E-state index contributed by atoms with van der Waals surface area (Å²) in [6.45, 7) is 2.03. The third-order valence-electron chi connectivity index (χ3n) is 5.89. The molecular weight excluding hydrogens is 400 g/mol. The molecule has 1 aliphatic heterocycles. The first-order valence-corrected chi connectivity index (χ1v) is 10.8. The highest BCUT2D eigenvalue weighted by atomic mass is 35.5. The second kappa shape index (κ2) is 8.11. The van der Waals surface area contributed by atoms with Gasteiger partial charge in [-0.15, -0.1) is 11.6 Å². The van der Waals surface area contributed by atoms with Crippen molar-refractivity contribution in [2.75, 3.05) is 13.1 Å². The summed E-state index contributed by atoms with van der Waals surface area (Å²) in [4.78, 5) is 19.5. The number of hydrogen-bond donors (Lipinski definition) is 0. The Morgan fingerprint density at radius 3 is 2.77 bits per heavy atom. The Balaban J connectivity index is 1.20. The van der Waals surface area contributed by atoms with Crippen LogP contribution in [0, 0.1) is 5.92 Å². The van der Waals surface area contributed by atoms with Crippen molar-refractivity contribution >= 4 is 28.6 Å². The topological polar surface area (TPSA) is 64.2 Å². The van der Waals surface area contributed by atoms with E-state index in [0.717, 1.165) is 29.8 Å². The van der Waals surface area contributed by atoms with Crippen molar-refractivity contribution < 1.29 is 9.21 Å². The zero-order chi connectivity index (χ0) is 20.5. The molecule has 154 valence electrons. The summed E-state index contributed by atoms with van der Waals surface area (Å²) < 4.78 is 7.73. The molecule has 0 radical (unpaired) electrons. The number of amides is 1. The van der Waals surface area contributed by atoms with Crippen LogP contribution < -0.4 is 0 Å². The van der Waals surface area contributed by atoms with Crippen molar-refractivity contribution in [3.8, 4) is 0 Å². The van der Waals surface area contributed by atoms with E-state index in [1.54, 1.807) is 6.20 Å². The fourth-order valence-corrected chi connectivity index (χ4v) is 4.40. The zero-order valence-electron chi connectivity index (χ0n) is 16.5. The number of halogens is 1. The highest BCUT2D eigenvalue weighted by Crippen LogP contribution is 2.30. The Kier molecular flexibility index (Phi) is 5.17. The number of oxazole rings is 1. The Bertz CT molecular complexity index is 1070. The molecule has 2 aromatic heterocycles. The molecular formula is C23H23ClN4O2. The highest BCUT2D eigenvalue weighted by Gasteiger charge is 2.28. The van der Waals surface area contributed by atoms with E-state index in [9.17, 15) is 4.79 Å². The van der Waals surface area contributed by atoms with Gasteiger partial charge in [-0.3, -0.25) is 9.48 Å². The average molecular weight is 423 g/mol. The molecule has 1 saturated heterocycles. The quantitative estimate of drug-likeness (QED) is 0.585. The predicted molar refractivity (Wildman–Crippen MR) is 116 cm³/mol. The number of benzene rings is 1. The maximum absolute atomic E-state index is 12.9. The number of piperidine rings is 1. The van der Waals surface area contributed by atoms with Crippen molar-refractivity contribution in [2.24, 2.45) is 5.92 Å². The lowest BCUT2D eigenvalue weighted by Gasteiger charge is -2.30. The number of rotatable bonds is 4. The van der Waals surface area contributed by atoms with Crippen LogP contribution in [-0.2, 0) is 6.54 Å². The number of hydrogen-bond acceptors (Lipinski definition) is 4. The number of nitrogens with zero attached hydrogens (tertiary/aromatic N) is 4. The lowest BCUT2D eigenvalue weighted by atomic mass is 9.96. The summed E-state index contributed by atoms with van der Waals surface area (Å²) in [6.07, 6.45) is 13.2. The molecule has 5 rings (SSSR count). The van der Waals surface area contributed by atoms with Crippen molar-refractivity contribution in [1.29, 1.82) is 0 Å². The maximum Gasteiger partial charge on any atom is 0.257 e. The molecule has 0 N–H and O–H groups in total. The minimum atomic E-state index is -0.0516. The Morgan fingerprint density at radius 1 is 1.17 bits per heavy atom. The van der Waals surface area contributed by atoms with Gasteiger partial charge >= 0.3 is 0 Å². The van der Waals surface area contributed by atoms with Crippen LogP contribution in [0.3, 0.4) is 0 Å². The lowest BCUT2D eigenvalue weighted by Crippen LogP contribution is -2.37. The van der Waals surface area contributed by atoms with Crippen LogP contribution >= 0.6 is 11.6 Å². The van der Waals surface area contributed by atoms with Crippen LogP contribution in [0.4, 0.5) is 0 Å². The lowest BCUT2D eigenvalue weighted by molar-refractivity contribution is 0.0706. The van der Waals surface area contributed by atoms with Gasteiger partial charge in [-0.2, -0.15) is 5.10 Å². The van der Waals surface area contributed by atoms with Crippen LogP contribution in [0.1, 0.15) is 35.0 Å². The number of fused-ring (bicyclic) bond motifs is 1. The van der Waals surface area contributed by atoms with Crippen molar-refractivity contribution in [3.63, 3.8) is 0 Å². The molecule has 1 aliphatic carbocycles. The van der Waals surface area contributed by atoms with Crippen molar-refractivity contribution in [1.82, 2.24) is 19.7 Å². The van der Waals surface area contributed by atoms with E-state index in [0.29, 0.717) is 25.2 Å². The van der Waals surface area contributed by atoms with Gasteiger partial charge < -0.3 is 9.32 Å². The second-order valence-electron chi connectivity index (χ2n) is 7.92. The number of alkyl halides is 1. The van der Waals surface area contributed by atoms with E-state index in [1.165, 1.54) is 0 Å². The van der Waals surface area contributed by atoms with Crippen LogP contribution in [0.2, 0.25) is 0 Å². The van der Waals surface area contributed by atoms with Crippen LogP contribution in [0.25, 0.3) is 11.1 Å². The summed E-state index contributed by atoms with van der Waals surface area (Å²) in [6, 6.07) is 7.82. The molecule has 3 aromatic rings. The Labute approximate surface area is 179 Å². The molecule has 30 heavy (non-hydrogen) atoms. The monoisotopic (exact) mass is 422 g/mol. The standard InChI is InChI=1S/C23H23ClN4O2/c24-19-6-2-1-5-17(19)14-28-15-18(13-25-28)23(29)27-11-9-16(10-12-27)22-26-20-7-3-4-8-21(20)30-22/h1-8,13,15-17,19H,9-12,14H2. The summed E-state index contributed by atoms with van der Waals surface area (Å²) in [5.41, 5.74) is 2.33. The molecule has 0 bridgehead atoms. The molecule has 0 spiro atoms. The minimum absolute atomic E-state index is 0.0266. The van der Waals surface area contributed by atoms with E-state index < -0.39 is 0 Å². The van der Waals surface area contributed by atoms with Gasteiger partial charge in [0.2, 0.25) is 0 Å². The molecule has 6 nitrogen and oxygen atoms in total. The molecule has 2 unspecified atom stereocenters. The number of likely N-dealkylation sites (tertiary alicyclic amines) is 1. The molecule has 2 atom stereocenters. The van der Waals surface area contributed by atoms with Crippen LogP contribution in [-0.4, -0.2) is 44.0 Å². The molecule has 0 saturated carbocycles. The largest absolute Gasteiger partial charge is 0.440 e. The van der Waals surface area contributed by atoms with Crippen molar-refractivity contribution in [2.45, 2.75) is 30.7 Å². The normalized spacial score (nSPS) is 22.1. The molecule has 1 amide bonds. The smallest absolute Gasteiger partial charge is 0.257 e. The summed E-state index contributed by atoms with van der Waals surface area (Å²) in [7, 11) is 0. The maximum atomic E-state index is 12.9. The summed E-state index contributed by atoms with van der Waals surface area (Å²) in [5, 5.41) is 4.32. The SMILES string of the molecule is O=C(c1cnn(CC2C=CC=CC2Cl)c1)N1CCC(c2nc3ccccc3o2)CC1. The van der Waals surface area contributed by atoms with E-state index in [1.807, 2.05) is 58.3 Å². The first-order chi connectivity index (χ1) is 14.7. The number of allylic oxidation sites excluding steroid dienone is 4. The summed E-state index contributed by atoms with van der Waals surface area (Å²) in [5.74, 6) is 1.22. The van der Waals surface area contributed by atoms with Crippen molar-refractivity contribution in [3.05, 3.63) is 72.4 Å². The number of para-hydroxylation sites is 2. The third kappa shape index (κ3) is 3.79. The first kappa shape index (κ1) is 19.1. The van der Waals surface area contributed by atoms with Gasteiger partial charge in [0.25, 0.3) is 5.91 Å². The molecule has 7 heteroatoms. The van der Waals surface area contributed by atoms with E-state index >= 15 is 0 Å². The Morgan fingerprint density at radius 2 is 1.97 bits per heavy atom. The van der Waals surface area contributed by atoms with Gasteiger partial charge in [-0.25, -0.2) is 4.98 Å². The Hall–Kier alpha value is -2.86. The molecule has 1 fully saturated rings. The zero-order valence-corrected chi connectivity index (χ0v) is 17.3. The number of carbonyl (C=O) groups is 1. The van der Waals surface area contributed by atoms with E-state index in [4.69, 9.17) is 16.0 Å². The fraction of sp³-hybridized carbons (Fsp3) is 0.348. The predicted octanol–water partition coefficient (Wildman–Crippen LogP) is 4.39. The minimum Gasteiger partial charge on any atom is -0.440 e. The summed E-state index contributed by atoms with van der Waals surface area (Å²) >= 11 is 6.35. The second-order valence-corrected chi connectivity index (χ2v) is 8.42. The number of aromatic nitrogens is 3. The molecule has 3 heterocycles. The highest BCUT2D eigenvalue weighted by molar-refractivity contribution is 6.22. The fourth-order valence-electron chi connectivity index (χ4n) is 4.15. The third-order valence-corrected chi connectivity index (χ3v) is 6.36. The average Bonchev–Trinajstić information content (AvgIpc) is 3.42. The van der Waals surface area contributed by atoms with Gasteiger partial charge in [-0.1, -0.05) is 36.4 Å². The van der Waals surface area contributed by atoms with Gasteiger partial charge in [0.15, 0.2) is 11.5 Å².